The lowest BCUT2D eigenvalue weighted by Gasteiger charge is -2.32. The van der Waals surface area contributed by atoms with E-state index < -0.39 is 6.04 Å². The van der Waals surface area contributed by atoms with Crippen molar-refractivity contribution in [2.75, 3.05) is 13.7 Å². The van der Waals surface area contributed by atoms with Gasteiger partial charge in [-0.1, -0.05) is 79.7 Å². The number of ether oxygens (including phenoxy) is 1. The van der Waals surface area contributed by atoms with Crippen LogP contribution in [0.25, 0.3) is 0 Å². The van der Waals surface area contributed by atoms with Crippen LogP contribution in [-0.4, -0.2) is 30.4 Å². The molecular formula is C27H30N2O3. The first-order chi connectivity index (χ1) is 15.6. The van der Waals surface area contributed by atoms with E-state index in [2.05, 4.69) is 5.32 Å². The number of methoxy groups -OCH3 is 1. The lowest BCUT2D eigenvalue weighted by Crippen LogP contribution is -2.44. The van der Waals surface area contributed by atoms with Crippen molar-refractivity contribution in [3.63, 3.8) is 0 Å². The van der Waals surface area contributed by atoms with Gasteiger partial charge in [0, 0.05) is 13.1 Å². The second-order valence-electron chi connectivity index (χ2n) is 7.64. The minimum absolute atomic E-state index is 0.104. The smallest absolute Gasteiger partial charge is 0.247 e. The van der Waals surface area contributed by atoms with E-state index in [-0.39, 0.29) is 18.2 Å². The Labute approximate surface area is 190 Å². The van der Waals surface area contributed by atoms with Crippen LogP contribution in [0.1, 0.15) is 36.1 Å². The molecule has 0 aliphatic rings. The predicted octanol–water partition coefficient (Wildman–Crippen LogP) is 4.53. The molecule has 2 amide bonds. The van der Waals surface area contributed by atoms with Crippen molar-refractivity contribution in [1.29, 1.82) is 0 Å². The monoisotopic (exact) mass is 430 g/mol. The number of carbonyl (C=O) groups is 2. The van der Waals surface area contributed by atoms with Crippen molar-refractivity contribution in [3.05, 3.63) is 102 Å². The first kappa shape index (κ1) is 23.1. The number of amides is 2. The van der Waals surface area contributed by atoms with Crippen molar-refractivity contribution in [2.24, 2.45) is 0 Å². The van der Waals surface area contributed by atoms with Crippen LogP contribution in [0.5, 0.6) is 5.75 Å². The van der Waals surface area contributed by atoms with Crippen LogP contribution >= 0.6 is 0 Å². The van der Waals surface area contributed by atoms with Gasteiger partial charge in [0.2, 0.25) is 11.8 Å². The molecule has 0 aromatic heterocycles. The summed E-state index contributed by atoms with van der Waals surface area (Å²) >= 11 is 0. The average molecular weight is 431 g/mol. The highest BCUT2D eigenvalue weighted by atomic mass is 16.5. The second-order valence-corrected chi connectivity index (χ2v) is 7.64. The molecule has 0 aliphatic heterocycles. The highest BCUT2D eigenvalue weighted by Crippen LogP contribution is 2.25. The molecule has 0 aliphatic carbocycles. The highest BCUT2D eigenvalue weighted by Gasteiger charge is 2.31. The maximum atomic E-state index is 13.6. The molecule has 0 saturated heterocycles. The standard InChI is InChI=1S/C27H30N2O3/c1-3-18-28-27(31)26(23-12-8-5-9-13-23)29(20-22-14-16-24(32-2)17-15-22)25(30)19-21-10-6-4-7-11-21/h4-17,26H,3,18-20H2,1-2H3,(H,28,31). The molecule has 3 aromatic carbocycles. The molecule has 0 radical (unpaired) electrons. The van der Waals surface area contributed by atoms with Gasteiger partial charge in [0.05, 0.1) is 13.5 Å². The highest BCUT2D eigenvalue weighted by molar-refractivity contribution is 5.89. The Hall–Kier alpha value is -3.60. The summed E-state index contributed by atoms with van der Waals surface area (Å²) in [6.07, 6.45) is 1.05. The summed E-state index contributed by atoms with van der Waals surface area (Å²) < 4.78 is 5.26. The summed E-state index contributed by atoms with van der Waals surface area (Å²) in [4.78, 5) is 28.5. The first-order valence-corrected chi connectivity index (χ1v) is 10.9. The van der Waals surface area contributed by atoms with Gasteiger partial charge < -0.3 is 15.0 Å². The van der Waals surface area contributed by atoms with E-state index in [1.54, 1.807) is 12.0 Å². The number of hydrogen-bond donors (Lipinski definition) is 1. The summed E-state index contributed by atoms with van der Waals surface area (Å²) in [6.45, 7) is 2.88. The molecular weight excluding hydrogens is 400 g/mol. The fourth-order valence-corrected chi connectivity index (χ4v) is 3.58. The summed E-state index contributed by atoms with van der Waals surface area (Å²) in [7, 11) is 1.62. The molecule has 5 nitrogen and oxygen atoms in total. The number of hydrogen-bond acceptors (Lipinski definition) is 3. The Bertz CT molecular complexity index is 988. The van der Waals surface area contributed by atoms with Crippen molar-refractivity contribution < 1.29 is 14.3 Å². The fourth-order valence-electron chi connectivity index (χ4n) is 3.58. The van der Waals surface area contributed by atoms with Crippen LogP contribution in [0, 0.1) is 0 Å². The van der Waals surface area contributed by atoms with Gasteiger partial charge in [0.25, 0.3) is 0 Å². The molecule has 0 saturated carbocycles. The number of nitrogens with one attached hydrogen (secondary N) is 1. The predicted molar refractivity (Wildman–Crippen MR) is 126 cm³/mol. The van der Waals surface area contributed by atoms with Crippen LogP contribution in [0.2, 0.25) is 0 Å². The molecule has 0 bridgehead atoms. The maximum Gasteiger partial charge on any atom is 0.247 e. The van der Waals surface area contributed by atoms with Crippen LogP contribution in [-0.2, 0) is 22.6 Å². The Morgan fingerprint density at radius 2 is 1.50 bits per heavy atom. The van der Waals surface area contributed by atoms with E-state index in [4.69, 9.17) is 4.74 Å². The molecule has 166 valence electrons. The molecule has 3 rings (SSSR count). The van der Waals surface area contributed by atoms with Gasteiger partial charge in [-0.15, -0.1) is 0 Å². The summed E-state index contributed by atoms with van der Waals surface area (Å²) in [5.74, 6) is 0.469. The normalized spacial score (nSPS) is 11.4. The third-order valence-corrected chi connectivity index (χ3v) is 5.26. The Balaban J connectivity index is 1.97. The average Bonchev–Trinajstić information content (AvgIpc) is 2.84. The van der Waals surface area contributed by atoms with Gasteiger partial charge in [-0.2, -0.15) is 0 Å². The van der Waals surface area contributed by atoms with Gasteiger partial charge in [0.1, 0.15) is 11.8 Å². The topological polar surface area (TPSA) is 58.6 Å². The van der Waals surface area contributed by atoms with Crippen molar-refractivity contribution >= 4 is 11.8 Å². The molecule has 1 atom stereocenters. The number of rotatable bonds is 10. The molecule has 0 fully saturated rings. The Morgan fingerprint density at radius 1 is 0.875 bits per heavy atom. The summed E-state index contributed by atoms with van der Waals surface area (Å²) in [5.41, 5.74) is 2.63. The van der Waals surface area contributed by atoms with Gasteiger partial charge in [-0.05, 0) is 35.2 Å². The van der Waals surface area contributed by atoms with E-state index >= 15 is 0 Å². The van der Waals surface area contributed by atoms with Crippen LogP contribution < -0.4 is 10.1 Å². The Kier molecular flexibility index (Phi) is 8.44. The minimum atomic E-state index is -0.721. The number of benzene rings is 3. The quantitative estimate of drug-likeness (QED) is 0.514. The van der Waals surface area contributed by atoms with Crippen LogP contribution in [0.15, 0.2) is 84.9 Å². The van der Waals surface area contributed by atoms with E-state index in [1.807, 2.05) is 91.9 Å². The molecule has 0 spiro atoms. The largest absolute Gasteiger partial charge is 0.497 e. The molecule has 1 N–H and O–H groups in total. The number of carbonyl (C=O) groups excluding carboxylic acids is 2. The zero-order valence-corrected chi connectivity index (χ0v) is 18.7. The summed E-state index contributed by atoms with van der Waals surface area (Å²) in [6, 6.07) is 26.0. The first-order valence-electron chi connectivity index (χ1n) is 10.9. The van der Waals surface area contributed by atoms with Crippen molar-refractivity contribution in [1.82, 2.24) is 10.2 Å². The van der Waals surface area contributed by atoms with E-state index in [0.29, 0.717) is 13.1 Å². The van der Waals surface area contributed by atoms with Crippen LogP contribution in [0.4, 0.5) is 0 Å². The van der Waals surface area contributed by atoms with Gasteiger partial charge >= 0.3 is 0 Å². The van der Waals surface area contributed by atoms with Gasteiger partial charge in [-0.25, -0.2) is 0 Å². The third kappa shape index (κ3) is 6.20. The van der Waals surface area contributed by atoms with Crippen LogP contribution in [0.3, 0.4) is 0 Å². The lowest BCUT2D eigenvalue weighted by molar-refractivity contribution is -0.141. The number of nitrogens with zero attached hydrogens (tertiary/aromatic N) is 1. The Morgan fingerprint density at radius 3 is 2.09 bits per heavy atom. The lowest BCUT2D eigenvalue weighted by atomic mass is 10.0. The zero-order chi connectivity index (χ0) is 22.8. The van der Waals surface area contributed by atoms with E-state index in [9.17, 15) is 9.59 Å². The third-order valence-electron chi connectivity index (χ3n) is 5.26. The molecule has 3 aromatic rings. The molecule has 1 unspecified atom stereocenters. The van der Waals surface area contributed by atoms with Gasteiger partial charge in [0.15, 0.2) is 0 Å². The molecule has 32 heavy (non-hydrogen) atoms. The van der Waals surface area contributed by atoms with Crippen molar-refractivity contribution in [2.45, 2.75) is 32.4 Å². The molecule has 0 heterocycles. The zero-order valence-electron chi connectivity index (χ0n) is 18.7. The maximum absolute atomic E-state index is 13.6. The van der Waals surface area contributed by atoms with E-state index in [1.165, 1.54) is 0 Å². The second kappa shape index (κ2) is 11.7. The SMILES string of the molecule is CCCNC(=O)C(c1ccccc1)N(Cc1ccc(OC)cc1)C(=O)Cc1ccccc1. The fraction of sp³-hybridized carbons (Fsp3) is 0.259. The summed E-state index contributed by atoms with van der Waals surface area (Å²) in [5, 5.41) is 2.98. The van der Waals surface area contributed by atoms with Gasteiger partial charge in [-0.3, -0.25) is 9.59 Å². The molecule has 5 heteroatoms. The minimum Gasteiger partial charge on any atom is -0.497 e. The van der Waals surface area contributed by atoms with Crippen molar-refractivity contribution in [3.8, 4) is 5.75 Å². The van der Waals surface area contributed by atoms with E-state index in [0.717, 1.165) is 28.9 Å².